The van der Waals surface area contributed by atoms with Gasteiger partial charge in [0.05, 0.1) is 10.6 Å². The molecule has 0 spiro atoms. The Morgan fingerprint density at radius 2 is 1.81 bits per heavy atom. The second-order valence-corrected chi connectivity index (χ2v) is 9.66. The molecule has 1 saturated carbocycles. The standard InChI is InChI=1S/C26H25ClF3N3O4/c27-21-12-17(24(31)32-22(35)10-5-15-1-6-19(34)7-2-15)11-18-14-33(25(36)23(18)21)13-16-3-8-20(9-4-16)37-26(28,29)30/h3-4,8-9,11-12,15H,1-2,5-7,10,13-14H2,(H2,31,32,35). The van der Waals surface area contributed by atoms with E-state index in [0.29, 0.717) is 47.4 Å². The maximum Gasteiger partial charge on any atom is 0.573 e. The molecule has 11 heteroatoms. The molecule has 2 aromatic rings. The zero-order chi connectivity index (χ0) is 26.7. The van der Waals surface area contributed by atoms with Crippen LogP contribution in [0.1, 0.15) is 65.6 Å². The lowest BCUT2D eigenvalue weighted by molar-refractivity contribution is -0.274. The topological polar surface area (TPSA) is 102 Å². The van der Waals surface area contributed by atoms with Crippen LogP contribution in [-0.2, 0) is 22.7 Å². The van der Waals surface area contributed by atoms with Crippen LogP contribution < -0.4 is 10.5 Å². The Hall–Kier alpha value is -3.40. The number of rotatable bonds is 7. The van der Waals surface area contributed by atoms with Crippen molar-refractivity contribution in [3.8, 4) is 5.75 Å². The van der Waals surface area contributed by atoms with Gasteiger partial charge in [-0.1, -0.05) is 23.7 Å². The van der Waals surface area contributed by atoms with Crippen LogP contribution in [0.25, 0.3) is 0 Å². The number of nitrogens with zero attached hydrogens (tertiary/aromatic N) is 2. The number of amides is 2. The van der Waals surface area contributed by atoms with E-state index in [-0.39, 0.29) is 53.7 Å². The smallest absolute Gasteiger partial charge is 0.406 e. The van der Waals surface area contributed by atoms with Gasteiger partial charge in [0.2, 0.25) is 5.91 Å². The van der Waals surface area contributed by atoms with E-state index in [4.69, 9.17) is 17.3 Å². The van der Waals surface area contributed by atoms with Crippen LogP contribution >= 0.6 is 11.6 Å². The summed E-state index contributed by atoms with van der Waals surface area (Å²) in [7, 11) is 0. The van der Waals surface area contributed by atoms with E-state index in [1.807, 2.05) is 0 Å². The third-order valence-electron chi connectivity index (χ3n) is 6.53. The maximum absolute atomic E-state index is 12.9. The van der Waals surface area contributed by atoms with Crippen molar-refractivity contribution in [2.75, 3.05) is 0 Å². The molecule has 1 fully saturated rings. The second-order valence-electron chi connectivity index (χ2n) is 9.26. The fraction of sp³-hybridized carbons (Fsp3) is 0.385. The Kier molecular flexibility index (Phi) is 7.87. The molecule has 4 rings (SSSR count). The van der Waals surface area contributed by atoms with Gasteiger partial charge in [-0.25, -0.2) is 0 Å². The van der Waals surface area contributed by atoms with Crippen LogP contribution in [0.4, 0.5) is 13.2 Å². The van der Waals surface area contributed by atoms with Crippen LogP contribution in [-0.4, -0.2) is 34.7 Å². The van der Waals surface area contributed by atoms with Gasteiger partial charge >= 0.3 is 6.36 Å². The molecule has 2 N–H and O–H groups in total. The Morgan fingerprint density at radius 1 is 1.14 bits per heavy atom. The van der Waals surface area contributed by atoms with Gasteiger partial charge in [-0.2, -0.15) is 4.99 Å². The highest BCUT2D eigenvalue weighted by Gasteiger charge is 2.32. The molecule has 0 bridgehead atoms. The van der Waals surface area contributed by atoms with Gasteiger partial charge in [0, 0.05) is 37.9 Å². The number of aliphatic imine (C=N–C) groups is 1. The summed E-state index contributed by atoms with van der Waals surface area (Å²) in [5.41, 5.74) is 8.03. The minimum Gasteiger partial charge on any atom is -0.406 e. The number of fused-ring (bicyclic) bond motifs is 1. The molecule has 0 unspecified atom stereocenters. The van der Waals surface area contributed by atoms with Crippen molar-refractivity contribution >= 4 is 35.0 Å². The van der Waals surface area contributed by atoms with E-state index in [0.717, 1.165) is 12.8 Å². The van der Waals surface area contributed by atoms with Crippen molar-refractivity contribution in [1.82, 2.24) is 4.90 Å². The number of ketones is 1. The first-order valence-corrected chi connectivity index (χ1v) is 12.2. The summed E-state index contributed by atoms with van der Waals surface area (Å²) in [6, 6.07) is 8.42. The molecular weight excluding hydrogens is 511 g/mol. The summed E-state index contributed by atoms with van der Waals surface area (Å²) < 4.78 is 41.0. The summed E-state index contributed by atoms with van der Waals surface area (Å²) in [6.07, 6.45) is -1.19. The number of nitrogens with two attached hydrogens (primary N) is 1. The highest BCUT2D eigenvalue weighted by molar-refractivity contribution is 6.34. The fourth-order valence-electron chi connectivity index (χ4n) is 4.63. The molecule has 37 heavy (non-hydrogen) atoms. The van der Waals surface area contributed by atoms with E-state index < -0.39 is 6.36 Å². The number of amidine groups is 1. The van der Waals surface area contributed by atoms with E-state index in [1.165, 1.54) is 35.2 Å². The van der Waals surface area contributed by atoms with E-state index in [2.05, 4.69) is 9.73 Å². The summed E-state index contributed by atoms with van der Waals surface area (Å²) in [5, 5.41) is 0.173. The Morgan fingerprint density at radius 3 is 2.46 bits per heavy atom. The summed E-state index contributed by atoms with van der Waals surface area (Å²) in [5.74, 6) is -0.430. The van der Waals surface area contributed by atoms with Crippen LogP contribution in [0.5, 0.6) is 5.75 Å². The molecule has 2 aromatic carbocycles. The first kappa shape index (κ1) is 26.7. The van der Waals surface area contributed by atoms with E-state index in [9.17, 15) is 27.6 Å². The predicted octanol–water partition coefficient (Wildman–Crippen LogP) is 5.17. The SMILES string of the molecule is NC(=NC(=O)CCC1CCC(=O)CC1)c1cc(Cl)c2c(c1)CN(Cc1ccc(OC(F)(F)F)cc1)C2=O. The highest BCUT2D eigenvalue weighted by atomic mass is 35.5. The van der Waals surface area contributed by atoms with Gasteiger partial charge in [-0.15, -0.1) is 13.2 Å². The molecular formula is C26H25ClF3N3O4. The number of ether oxygens (including phenoxy) is 1. The van der Waals surface area contributed by atoms with Gasteiger partial charge in [0.1, 0.15) is 17.4 Å². The highest BCUT2D eigenvalue weighted by Crippen LogP contribution is 2.32. The number of hydrogen-bond acceptors (Lipinski definition) is 4. The first-order valence-electron chi connectivity index (χ1n) is 11.8. The van der Waals surface area contributed by atoms with Crippen LogP contribution in [0.3, 0.4) is 0 Å². The third kappa shape index (κ3) is 6.88. The Labute approximate surface area is 216 Å². The third-order valence-corrected chi connectivity index (χ3v) is 6.83. The number of hydrogen-bond donors (Lipinski definition) is 1. The normalized spacial score (nSPS) is 16.8. The van der Waals surface area contributed by atoms with Gasteiger partial charge in [-0.3, -0.25) is 14.4 Å². The van der Waals surface area contributed by atoms with Crippen molar-refractivity contribution < 1.29 is 32.3 Å². The van der Waals surface area contributed by atoms with E-state index >= 15 is 0 Å². The Bertz CT molecular complexity index is 1230. The minimum atomic E-state index is -4.78. The molecule has 0 saturated heterocycles. The van der Waals surface area contributed by atoms with Crippen LogP contribution in [0.2, 0.25) is 5.02 Å². The Balaban J connectivity index is 1.39. The first-order chi connectivity index (χ1) is 17.5. The van der Waals surface area contributed by atoms with Crippen molar-refractivity contribution in [2.45, 2.75) is 58.0 Å². The number of carbonyl (C=O) groups is 3. The number of benzene rings is 2. The van der Waals surface area contributed by atoms with Gasteiger partial charge in [-0.05, 0) is 60.6 Å². The summed E-state index contributed by atoms with van der Waals surface area (Å²) >= 11 is 6.38. The van der Waals surface area contributed by atoms with Gasteiger partial charge in [0.15, 0.2) is 0 Å². The van der Waals surface area contributed by atoms with Crippen molar-refractivity contribution in [3.05, 3.63) is 63.7 Å². The molecule has 1 heterocycles. The lowest BCUT2D eigenvalue weighted by Gasteiger charge is -2.19. The van der Waals surface area contributed by atoms with E-state index in [1.54, 1.807) is 6.07 Å². The summed E-state index contributed by atoms with van der Waals surface area (Å²) in [6.45, 7) is 0.366. The molecule has 1 aliphatic carbocycles. The van der Waals surface area contributed by atoms with Crippen molar-refractivity contribution in [2.24, 2.45) is 16.6 Å². The quantitative estimate of drug-likeness (QED) is 0.389. The molecule has 0 atom stereocenters. The molecule has 2 aliphatic rings. The van der Waals surface area contributed by atoms with Gasteiger partial charge < -0.3 is 15.4 Å². The largest absolute Gasteiger partial charge is 0.573 e. The lowest BCUT2D eigenvalue weighted by atomic mass is 9.85. The molecule has 1 aliphatic heterocycles. The molecule has 0 radical (unpaired) electrons. The van der Waals surface area contributed by atoms with Gasteiger partial charge in [0.25, 0.3) is 5.91 Å². The maximum atomic E-state index is 12.9. The number of alkyl halides is 3. The fourth-order valence-corrected chi connectivity index (χ4v) is 4.95. The summed E-state index contributed by atoms with van der Waals surface area (Å²) in [4.78, 5) is 42.1. The van der Waals surface area contributed by atoms with Crippen molar-refractivity contribution in [1.29, 1.82) is 0 Å². The second kappa shape index (κ2) is 10.9. The lowest BCUT2D eigenvalue weighted by Crippen LogP contribution is -2.23. The van der Waals surface area contributed by atoms with Crippen molar-refractivity contribution in [3.63, 3.8) is 0 Å². The number of Topliss-reactive ketones (excluding diaryl/α,β-unsaturated/α-hetero) is 1. The monoisotopic (exact) mass is 535 g/mol. The molecule has 0 aromatic heterocycles. The molecule has 2 amide bonds. The zero-order valence-electron chi connectivity index (χ0n) is 19.8. The molecule has 7 nitrogen and oxygen atoms in total. The predicted molar refractivity (Wildman–Crippen MR) is 130 cm³/mol. The number of halogens is 4. The number of carbonyl (C=O) groups excluding carboxylic acids is 3. The average molecular weight is 536 g/mol. The van der Waals surface area contributed by atoms with Crippen LogP contribution in [0, 0.1) is 5.92 Å². The zero-order valence-corrected chi connectivity index (χ0v) is 20.6. The van der Waals surface area contributed by atoms with Crippen LogP contribution in [0.15, 0.2) is 41.4 Å². The average Bonchev–Trinajstić information content (AvgIpc) is 3.14. The minimum absolute atomic E-state index is 0.000302. The molecule has 196 valence electrons.